The Kier molecular flexibility index (Phi) is 10.5. The molecule has 0 saturated heterocycles. The van der Waals surface area contributed by atoms with Crippen LogP contribution in [0.4, 0.5) is 0 Å². The zero-order valence-corrected chi connectivity index (χ0v) is 11.5. The average Bonchev–Trinajstić information content (AvgIpc) is 2.38. The third kappa shape index (κ3) is 12.7. The number of rotatable bonds is 11. The van der Waals surface area contributed by atoms with Gasteiger partial charge in [-0.3, -0.25) is 14.4 Å². The molecular formula is C13H24N2O4. The molecule has 0 radical (unpaired) electrons. The highest BCUT2D eigenvalue weighted by Gasteiger charge is 2.07. The summed E-state index contributed by atoms with van der Waals surface area (Å²) in [5.74, 6) is -1.67. The van der Waals surface area contributed by atoms with Gasteiger partial charge in [0.15, 0.2) is 0 Å². The van der Waals surface area contributed by atoms with E-state index in [4.69, 9.17) is 5.11 Å². The minimum atomic E-state index is -1.02. The van der Waals surface area contributed by atoms with Crippen molar-refractivity contribution in [2.24, 2.45) is 0 Å². The molecule has 0 saturated carbocycles. The van der Waals surface area contributed by atoms with Gasteiger partial charge in [-0.15, -0.1) is 0 Å². The summed E-state index contributed by atoms with van der Waals surface area (Å²) in [6.45, 7) is 2.68. The van der Waals surface area contributed by atoms with E-state index in [1.54, 1.807) is 0 Å². The van der Waals surface area contributed by atoms with Crippen molar-refractivity contribution in [2.75, 3.05) is 13.1 Å². The van der Waals surface area contributed by atoms with Gasteiger partial charge >= 0.3 is 5.97 Å². The van der Waals surface area contributed by atoms with Crippen molar-refractivity contribution >= 4 is 17.8 Å². The topological polar surface area (TPSA) is 95.5 Å². The lowest BCUT2D eigenvalue weighted by Crippen LogP contribution is -2.37. The summed E-state index contributed by atoms with van der Waals surface area (Å²) >= 11 is 0. The van der Waals surface area contributed by atoms with Crippen LogP contribution in [0.3, 0.4) is 0 Å². The number of hydrogen-bond acceptors (Lipinski definition) is 3. The zero-order chi connectivity index (χ0) is 14.5. The molecule has 0 heterocycles. The molecule has 0 aromatic rings. The quantitative estimate of drug-likeness (QED) is 0.490. The van der Waals surface area contributed by atoms with Gasteiger partial charge in [0, 0.05) is 13.0 Å². The maximum absolute atomic E-state index is 11.3. The van der Waals surface area contributed by atoms with Crippen molar-refractivity contribution in [3.63, 3.8) is 0 Å². The Morgan fingerprint density at radius 1 is 0.895 bits per heavy atom. The molecule has 0 rings (SSSR count). The molecule has 3 N–H and O–H groups in total. The maximum Gasteiger partial charge on any atom is 0.303 e. The number of carboxylic acid groups (broad SMARTS) is 1. The summed E-state index contributed by atoms with van der Waals surface area (Å²) in [4.78, 5) is 32.7. The van der Waals surface area contributed by atoms with Crippen molar-refractivity contribution < 1.29 is 19.5 Å². The van der Waals surface area contributed by atoms with E-state index in [2.05, 4.69) is 17.6 Å². The molecule has 110 valence electrons. The Bertz CT molecular complexity index is 292. The first kappa shape index (κ1) is 17.4. The van der Waals surface area contributed by atoms with Gasteiger partial charge in [-0.1, -0.05) is 32.6 Å². The first-order valence-corrected chi connectivity index (χ1v) is 6.81. The Morgan fingerprint density at radius 2 is 1.58 bits per heavy atom. The summed E-state index contributed by atoms with van der Waals surface area (Å²) in [7, 11) is 0. The molecule has 0 atom stereocenters. The highest BCUT2D eigenvalue weighted by molar-refractivity contribution is 5.86. The van der Waals surface area contributed by atoms with Gasteiger partial charge < -0.3 is 15.7 Å². The molecule has 0 spiro atoms. The van der Waals surface area contributed by atoms with Crippen LogP contribution in [0.5, 0.6) is 0 Å². The van der Waals surface area contributed by atoms with E-state index in [1.807, 2.05) is 0 Å². The summed E-state index contributed by atoms with van der Waals surface area (Å²) in [5, 5.41) is 13.5. The smallest absolute Gasteiger partial charge is 0.303 e. The zero-order valence-electron chi connectivity index (χ0n) is 11.5. The maximum atomic E-state index is 11.3. The first-order valence-electron chi connectivity index (χ1n) is 6.81. The van der Waals surface area contributed by atoms with Crippen LogP contribution >= 0.6 is 0 Å². The van der Waals surface area contributed by atoms with Crippen LogP contribution in [-0.2, 0) is 14.4 Å². The molecule has 0 unspecified atom stereocenters. The Hall–Kier alpha value is -1.59. The number of amides is 2. The van der Waals surface area contributed by atoms with Crippen LogP contribution < -0.4 is 10.6 Å². The second-order valence-electron chi connectivity index (χ2n) is 4.43. The van der Waals surface area contributed by atoms with Crippen molar-refractivity contribution in [1.82, 2.24) is 10.6 Å². The SMILES string of the molecule is CCCCCCCNC(=O)CNC(=O)CCC(=O)O. The molecule has 0 bridgehead atoms. The molecule has 0 fully saturated rings. The van der Waals surface area contributed by atoms with Crippen LogP contribution in [0.1, 0.15) is 51.9 Å². The fraction of sp³-hybridized carbons (Fsp3) is 0.769. The van der Waals surface area contributed by atoms with Gasteiger partial charge in [-0.2, -0.15) is 0 Å². The summed E-state index contributed by atoms with van der Waals surface area (Å²) in [6.07, 6.45) is 5.31. The third-order valence-corrected chi connectivity index (χ3v) is 2.61. The van der Waals surface area contributed by atoms with Crippen molar-refractivity contribution in [3.8, 4) is 0 Å². The molecule has 2 amide bonds. The van der Waals surface area contributed by atoms with E-state index in [0.717, 1.165) is 12.8 Å². The van der Waals surface area contributed by atoms with Crippen LogP contribution in [0.15, 0.2) is 0 Å². The van der Waals surface area contributed by atoms with Gasteiger partial charge in [-0.25, -0.2) is 0 Å². The number of nitrogens with one attached hydrogen (secondary N) is 2. The first-order chi connectivity index (χ1) is 9.06. The van der Waals surface area contributed by atoms with Crippen molar-refractivity contribution in [3.05, 3.63) is 0 Å². The van der Waals surface area contributed by atoms with Crippen LogP contribution in [-0.4, -0.2) is 36.0 Å². The molecular weight excluding hydrogens is 248 g/mol. The van der Waals surface area contributed by atoms with Crippen molar-refractivity contribution in [1.29, 1.82) is 0 Å². The molecule has 6 nitrogen and oxygen atoms in total. The second kappa shape index (κ2) is 11.5. The predicted molar refractivity (Wildman–Crippen MR) is 71.6 cm³/mol. The van der Waals surface area contributed by atoms with Crippen LogP contribution in [0.25, 0.3) is 0 Å². The summed E-state index contributed by atoms with van der Waals surface area (Å²) in [6, 6.07) is 0. The lowest BCUT2D eigenvalue weighted by molar-refractivity contribution is -0.138. The number of unbranched alkanes of at least 4 members (excludes halogenated alkanes) is 4. The molecule has 0 aliphatic heterocycles. The van der Waals surface area contributed by atoms with E-state index >= 15 is 0 Å². The lowest BCUT2D eigenvalue weighted by Gasteiger charge is -2.06. The third-order valence-electron chi connectivity index (χ3n) is 2.61. The van der Waals surface area contributed by atoms with Gasteiger partial charge in [0.25, 0.3) is 0 Å². The Labute approximate surface area is 113 Å². The fourth-order valence-corrected chi connectivity index (χ4v) is 1.51. The number of hydrogen-bond donors (Lipinski definition) is 3. The molecule has 0 aliphatic rings. The second-order valence-corrected chi connectivity index (χ2v) is 4.43. The average molecular weight is 272 g/mol. The molecule has 0 aliphatic carbocycles. The Morgan fingerprint density at radius 3 is 2.21 bits per heavy atom. The summed E-state index contributed by atoms with van der Waals surface area (Å²) < 4.78 is 0. The van der Waals surface area contributed by atoms with E-state index < -0.39 is 11.9 Å². The van der Waals surface area contributed by atoms with Crippen LogP contribution in [0, 0.1) is 0 Å². The van der Waals surface area contributed by atoms with Crippen LogP contribution in [0.2, 0.25) is 0 Å². The van der Waals surface area contributed by atoms with E-state index in [9.17, 15) is 14.4 Å². The number of aliphatic carboxylic acids is 1. The van der Waals surface area contributed by atoms with Gasteiger partial charge in [-0.05, 0) is 6.42 Å². The number of carboxylic acids is 1. The van der Waals surface area contributed by atoms with Crippen molar-refractivity contribution in [2.45, 2.75) is 51.9 Å². The monoisotopic (exact) mass is 272 g/mol. The molecule has 0 aromatic carbocycles. The highest BCUT2D eigenvalue weighted by atomic mass is 16.4. The molecule has 19 heavy (non-hydrogen) atoms. The van der Waals surface area contributed by atoms with E-state index in [1.165, 1.54) is 19.3 Å². The van der Waals surface area contributed by atoms with E-state index in [0.29, 0.717) is 6.54 Å². The minimum Gasteiger partial charge on any atom is -0.481 e. The van der Waals surface area contributed by atoms with Gasteiger partial charge in [0.2, 0.25) is 11.8 Å². The Balaban J connectivity index is 3.43. The van der Waals surface area contributed by atoms with Gasteiger partial charge in [0.1, 0.15) is 0 Å². The molecule has 6 heteroatoms. The number of carbonyl (C=O) groups excluding carboxylic acids is 2. The largest absolute Gasteiger partial charge is 0.481 e. The summed E-state index contributed by atoms with van der Waals surface area (Å²) in [5.41, 5.74) is 0. The lowest BCUT2D eigenvalue weighted by atomic mass is 10.1. The standard InChI is InChI=1S/C13H24N2O4/c1-2-3-4-5-6-9-14-12(17)10-15-11(16)7-8-13(18)19/h2-10H2,1H3,(H,14,17)(H,15,16)(H,18,19). The van der Waals surface area contributed by atoms with Gasteiger partial charge in [0.05, 0.1) is 13.0 Å². The predicted octanol–water partition coefficient (Wildman–Crippen LogP) is 1.05. The minimum absolute atomic E-state index is 0.0899. The normalized spacial score (nSPS) is 9.95. The highest BCUT2D eigenvalue weighted by Crippen LogP contribution is 2.00. The fourth-order valence-electron chi connectivity index (χ4n) is 1.51. The molecule has 0 aromatic heterocycles. The number of carbonyl (C=O) groups is 3. The van der Waals surface area contributed by atoms with E-state index in [-0.39, 0.29) is 25.3 Å².